The van der Waals surface area contributed by atoms with Crippen LogP contribution in [0, 0.1) is 0 Å². The Morgan fingerprint density at radius 2 is 2.24 bits per heavy atom. The van der Waals surface area contributed by atoms with Crippen LogP contribution in [-0.2, 0) is 6.42 Å². The van der Waals surface area contributed by atoms with Crippen molar-refractivity contribution in [3.63, 3.8) is 0 Å². The number of carbonyl (C=O) groups excluding carboxylic acids is 1. The SMILES string of the molecule is CC(=O)c1ccc2c(c1)Cc1ncnc(NCCCN)c1-2. The third kappa shape index (κ3) is 2.52. The van der Waals surface area contributed by atoms with Crippen LogP contribution in [0.3, 0.4) is 0 Å². The lowest BCUT2D eigenvalue weighted by Gasteiger charge is -2.10. The summed E-state index contributed by atoms with van der Waals surface area (Å²) in [6.45, 7) is 3.03. The molecule has 0 fully saturated rings. The summed E-state index contributed by atoms with van der Waals surface area (Å²) >= 11 is 0. The molecule has 3 N–H and O–H groups in total. The highest BCUT2D eigenvalue weighted by atomic mass is 16.1. The fourth-order valence-electron chi connectivity index (χ4n) is 2.67. The summed E-state index contributed by atoms with van der Waals surface area (Å²) in [5, 5.41) is 3.33. The minimum Gasteiger partial charge on any atom is -0.369 e. The molecule has 5 heteroatoms. The number of hydrogen-bond donors (Lipinski definition) is 2. The molecule has 21 heavy (non-hydrogen) atoms. The Kier molecular flexibility index (Phi) is 3.66. The highest BCUT2D eigenvalue weighted by Crippen LogP contribution is 2.39. The van der Waals surface area contributed by atoms with Crippen molar-refractivity contribution in [2.75, 3.05) is 18.4 Å². The third-order valence-electron chi connectivity index (χ3n) is 3.74. The van der Waals surface area contributed by atoms with E-state index in [9.17, 15) is 4.79 Å². The van der Waals surface area contributed by atoms with Crippen molar-refractivity contribution in [1.29, 1.82) is 0 Å². The Hall–Kier alpha value is -2.27. The Balaban J connectivity index is 1.98. The van der Waals surface area contributed by atoms with Gasteiger partial charge in [0.05, 0.1) is 5.69 Å². The lowest BCUT2D eigenvalue weighted by molar-refractivity contribution is 0.101. The number of benzene rings is 1. The number of hydrogen-bond acceptors (Lipinski definition) is 5. The van der Waals surface area contributed by atoms with E-state index in [1.54, 1.807) is 13.3 Å². The summed E-state index contributed by atoms with van der Waals surface area (Å²) < 4.78 is 0. The third-order valence-corrected chi connectivity index (χ3v) is 3.74. The summed E-state index contributed by atoms with van der Waals surface area (Å²) in [5.74, 6) is 0.934. The second kappa shape index (κ2) is 5.61. The van der Waals surface area contributed by atoms with Crippen LogP contribution >= 0.6 is 0 Å². The molecule has 0 saturated carbocycles. The molecule has 1 aromatic heterocycles. The lowest BCUT2D eigenvalue weighted by atomic mass is 10.0. The minimum atomic E-state index is 0.0844. The molecule has 0 bridgehead atoms. The number of nitrogens with two attached hydrogens (primary N) is 1. The van der Waals surface area contributed by atoms with E-state index in [2.05, 4.69) is 15.3 Å². The van der Waals surface area contributed by atoms with Crippen molar-refractivity contribution < 1.29 is 4.79 Å². The maximum atomic E-state index is 11.5. The van der Waals surface area contributed by atoms with Gasteiger partial charge >= 0.3 is 0 Å². The van der Waals surface area contributed by atoms with Crippen molar-refractivity contribution in [2.45, 2.75) is 19.8 Å². The van der Waals surface area contributed by atoms with Crippen LogP contribution in [0.15, 0.2) is 24.5 Å². The van der Waals surface area contributed by atoms with E-state index in [0.717, 1.165) is 53.2 Å². The zero-order valence-corrected chi connectivity index (χ0v) is 12.0. The monoisotopic (exact) mass is 282 g/mol. The van der Waals surface area contributed by atoms with E-state index >= 15 is 0 Å². The Labute approximate surface area is 123 Å². The van der Waals surface area contributed by atoms with Gasteiger partial charge in [-0.25, -0.2) is 9.97 Å². The van der Waals surface area contributed by atoms with E-state index in [-0.39, 0.29) is 5.78 Å². The average molecular weight is 282 g/mol. The smallest absolute Gasteiger partial charge is 0.159 e. The number of carbonyl (C=O) groups is 1. The van der Waals surface area contributed by atoms with Crippen LogP contribution in [0.2, 0.25) is 0 Å². The molecular weight excluding hydrogens is 264 g/mol. The quantitative estimate of drug-likeness (QED) is 0.552. The van der Waals surface area contributed by atoms with Gasteiger partial charge < -0.3 is 11.1 Å². The van der Waals surface area contributed by atoms with Gasteiger partial charge in [0.2, 0.25) is 0 Å². The summed E-state index contributed by atoms with van der Waals surface area (Å²) in [6.07, 6.45) is 3.23. The van der Waals surface area contributed by atoms with Crippen LogP contribution in [0.4, 0.5) is 5.82 Å². The molecule has 108 valence electrons. The Bertz CT molecular complexity index is 697. The van der Waals surface area contributed by atoms with Gasteiger partial charge in [-0.3, -0.25) is 4.79 Å². The van der Waals surface area contributed by atoms with Crippen molar-refractivity contribution >= 4 is 11.6 Å². The number of aromatic nitrogens is 2. The van der Waals surface area contributed by atoms with Gasteiger partial charge in [0.15, 0.2) is 5.78 Å². The van der Waals surface area contributed by atoms with E-state index in [4.69, 9.17) is 5.73 Å². The fourth-order valence-corrected chi connectivity index (χ4v) is 2.67. The molecule has 1 aliphatic carbocycles. The topological polar surface area (TPSA) is 80.9 Å². The second-order valence-corrected chi connectivity index (χ2v) is 5.22. The zero-order chi connectivity index (χ0) is 14.8. The number of fused-ring (bicyclic) bond motifs is 3. The first-order valence-corrected chi connectivity index (χ1v) is 7.12. The number of ketones is 1. The fraction of sp³-hybridized carbons (Fsp3) is 0.312. The molecule has 0 atom stereocenters. The first-order chi connectivity index (χ1) is 10.2. The van der Waals surface area contributed by atoms with E-state index < -0.39 is 0 Å². The number of nitrogens with zero attached hydrogens (tertiary/aromatic N) is 2. The Morgan fingerprint density at radius 1 is 1.38 bits per heavy atom. The maximum Gasteiger partial charge on any atom is 0.159 e. The summed E-state index contributed by atoms with van der Waals surface area (Å²) in [6, 6.07) is 5.82. The van der Waals surface area contributed by atoms with E-state index in [1.807, 2.05) is 18.2 Å². The van der Waals surface area contributed by atoms with Crippen LogP contribution in [0.1, 0.15) is 35.0 Å². The molecular formula is C16H18N4O. The van der Waals surface area contributed by atoms with Gasteiger partial charge in [0, 0.05) is 24.1 Å². The highest BCUT2D eigenvalue weighted by Gasteiger charge is 2.24. The molecule has 0 amide bonds. The normalized spacial score (nSPS) is 11.9. The molecule has 1 aliphatic rings. The standard InChI is InChI=1S/C16H18N4O/c1-10(21)11-3-4-13-12(7-11)8-14-15(13)16(20-9-19-14)18-6-2-5-17/h3-4,7,9H,2,5-6,8,17H2,1H3,(H,18,19,20). The molecule has 0 spiro atoms. The first-order valence-electron chi connectivity index (χ1n) is 7.12. The van der Waals surface area contributed by atoms with Crippen LogP contribution in [0.25, 0.3) is 11.1 Å². The van der Waals surface area contributed by atoms with Crippen LogP contribution in [0.5, 0.6) is 0 Å². The highest BCUT2D eigenvalue weighted by molar-refractivity contribution is 5.96. The molecule has 1 aromatic carbocycles. The molecule has 2 aromatic rings. The largest absolute Gasteiger partial charge is 0.369 e. The molecule has 0 radical (unpaired) electrons. The van der Waals surface area contributed by atoms with Crippen molar-refractivity contribution in [2.24, 2.45) is 5.73 Å². The van der Waals surface area contributed by atoms with Gasteiger partial charge in [-0.1, -0.05) is 12.1 Å². The van der Waals surface area contributed by atoms with Crippen LogP contribution in [-0.4, -0.2) is 28.8 Å². The predicted molar refractivity (Wildman–Crippen MR) is 82.4 cm³/mol. The van der Waals surface area contributed by atoms with E-state index in [1.165, 1.54) is 0 Å². The first kappa shape index (κ1) is 13.7. The van der Waals surface area contributed by atoms with Gasteiger partial charge in [-0.05, 0) is 37.1 Å². The van der Waals surface area contributed by atoms with Gasteiger partial charge in [-0.15, -0.1) is 0 Å². The van der Waals surface area contributed by atoms with E-state index in [0.29, 0.717) is 6.54 Å². The summed E-state index contributed by atoms with van der Waals surface area (Å²) in [4.78, 5) is 20.2. The molecule has 5 nitrogen and oxygen atoms in total. The van der Waals surface area contributed by atoms with Gasteiger partial charge in [0.25, 0.3) is 0 Å². The minimum absolute atomic E-state index is 0.0844. The number of Topliss-reactive ketones (excluding diaryl/α,β-unsaturated/α-hetero) is 1. The maximum absolute atomic E-state index is 11.5. The molecule has 1 heterocycles. The molecule has 0 aliphatic heterocycles. The van der Waals surface area contributed by atoms with Crippen molar-refractivity contribution in [3.8, 4) is 11.1 Å². The van der Waals surface area contributed by atoms with Gasteiger partial charge in [0.1, 0.15) is 12.1 Å². The van der Waals surface area contributed by atoms with Crippen molar-refractivity contribution in [3.05, 3.63) is 41.3 Å². The number of anilines is 1. The molecule has 0 unspecified atom stereocenters. The molecule has 0 saturated heterocycles. The van der Waals surface area contributed by atoms with Gasteiger partial charge in [-0.2, -0.15) is 0 Å². The summed E-state index contributed by atoms with van der Waals surface area (Å²) in [5.41, 5.74) is 10.6. The second-order valence-electron chi connectivity index (χ2n) is 5.22. The van der Waals surface area contributed by atoms with Crippen molar-refractivity contribution in [1.82, 2.24) is 9.97 Å². The number of nitrogens with one attached hydrogen (secondary N) is 1. The number of rotatable bonds is 5. The zero-order valence-electron chi connectivity index (χ0n) is 12.0. The Morgan fingerprint density at radius 3 is 3.00 bits per heavy atom. The molecule has 3 rings (SSSR count). The van der Waals surface area contributed by atoms with Crippen LogP contribution < -0.4 is 11.1 Å². The summed E-state index contributed by atoms with van der Waals surface area (Å²) in [7, 11) is 0. The predicted octanol–water partition coefficient (Wildman–Crippen LogP) is 2.01. The average Bonchev–Trinajstić information content (AvgIpc) is 2.85. The lowest BCUT2D eigenvalue weighted by Crippen LogP contribution is -2.10.